The topological polar surface area (TPSA) is 122 Å². The Bertz CT molecular complexity index is 1690. The summed E-state index contributed by atoms with van der Waals surface area (Å²) in [6.45, 7) is 7.12. The molecule has 0 saturated carbocycles. The van der Waals surface area contributed by atoms with E-state index >= 15 is 0 Å². The number of imidazole rings is 1. The number of fused-ring (bicyclic) bond motifs is 1. The van der Waals surface area contributed by atoms with Crippen molar-refractivity contribution in [3.8, 4) is 11.4 Å². The summed E-state index contributed by atoms with van der Waals surface area (Å²) in [6, 6.07) is 8.06. The quantitative estimate of drug-likeness (QED) is 0.246. The fourth-order valence-electron chi connectivity index (χ4n) is 5.01. The van der Waals surface area contributed by atoms with Crippen molar-refractivity contribution in [3.05, 3.63) is 70.4 Å². The van der Waals surface area contributed by atoms with Gasteiger partial charge in [0.1, 0.15) is 16.9 Å². The van der Waals surface area contributed by atoms with Gasteiger partial charge in [-0.2, -0.15) is 4.98 Å². The van der Waals surface area contributed by atoms with Gasteiger partial charge in [0.2, 0.25) is 5.95 Å². The third-order valence-corrected chi connectivity index (χ3v) is 7.30. The summed E-state index contributed by atoms with van der Waals surface area (Å²) >= 11 is 6.56. The highest BCUT2D eigenvalue weighted by atomic mass is 35.5. The van der Waals surface area contributed by atoms with E-state index in [1.54, 1.807) is 17.2 Å². The number of nitrogens with zero attached hydrogens (tertiary/aromatic N) is 5. The van der Waals surface area contributed by atoms with E-state index in [4.69, 9.17) is 21.3 Å². The van der Waals surface area contributed by atoms with Gasteiger partial charge in [-0.25, -0.2) is 28.3 Å². The fourth-order valence-corrected chi connectivity index (χ4v) is 5.27. The summed E-state index contributed by atoms with van der Waals surface area (Å²) in [5, 5.41) is 12.7. The summed E-state index contributed by atoms with van der Waals surface area (Å²) in [7, 11) is 0. The molecule has 1 aliphatic rings. The predicted molar refractivity (Wildman–Crippen MR) is 157 cm³/mol. The van der Waals surface area contributed by atoms with Gasteiger partial charge in [0.25, 0.3) is 0 Å². The lowest BCUT2D eigenvalue weighted by Crippen LogP contribution is -2.43. The molecule has 5 rings (SSSR count). The first-order chi connectivity index (χ1) is 20.4. The number of carboxylic acid groups (broad SMARTS) is 1. The van der Waals surface area contributed by atoms with Gasteiger partial charge < -0.3 is 24.6 Å². The van der Waals surface area contributed by atoms with Crippen molar-refractivity contribution < 1.29 is 28.2 Å². The molecule has 1 atom stereocenters. The molecule has 0 bridgehead atoms. The minimum atomic E-state index is -1.10. The molecule has 1 amide bonds. The van der Waals surface area contributed by atoms with Crippen molar-refractivity contribution >= 4 is 40.8 Å². The highest BCUT2D eigenvalue weighted by molar-refractivity contribution is 6.33. The number of ether oxygens (including phenoxy) is 1. The molecule has 0 unspecified atom stereocenters. The fraction of sp³-hybridized carbons (Fsp3) is 0.367. The molecule has 4 aromatic rings. The highest BCUT2D eigenvalue weighted by Gasteiger charge is 2.29. The van der Waals surface area contributed by atoms with Crippen LogP contribution in [0.25, 0.3) is 22.6 Å². The number of rotatable bonds is 7. The maximum Gasteiger partial charge on any atom is 0.410 e. The molecule has 1 fully saturated rings. The third-order valence-electron chi connectivity index (χ3n) is 6.99. The molecule has 13 heteroatoms. The molecular formula is C30H31ClF2N6O4. The number of nitrogens with one attached hydrogen (secondary N) is 1. The molecule has 2 aromatic carbocycles. The largest absolute Gasteiger partial charge is 0.478 e. The molecule has 226 valence electrons. The summed E-state index contributed by atoms with van der Waals surface area (Å²) < 4.78 is 34.5. The van der Waals surface area contributed by atoms with E-state index in [2.05, 4.69) is 15.3 Å². The predicted octanol–water partition coefficient (Wildman–Crippen LogP) is 6.38. The number of hydrogen-bond donors (Lipinski definition) is 2. The van der Waals surface area contributed by atoms with Crippen LogP contribution in [-0.2, 0) is 17.8 Å². The number of benzene rings is 2. The summed E-state index contributed by atoms with van der Waals surface area (Å²) in [5.74, 6) is -2.23. The first kappa shape index (κ1) is 30.1. The van der Waals surface area contributed by atoms with Gasteiger partial charge in [0, 0.05) is 31.7 Å². The molecule has 43 heavy (non-hydrogen) atoms. The Morgan fingerprint density at radius 3 is 2.63 bits per heavy atom. The van der Waals surface area contributed by atoms with Crippen molar-refractivity contribution in [1.29, 1.82) is 0 Å². The third kappa shape index (κ3) is 7.02. The number of aromatic nitrogens is 4. The lowest BCUT2D eigenvalue weighted by Gasteiger charge is -2.34. The Hall–Kier alpha value is -4.32. The van der Waals surface area contributed by atoms with Gasteiger partial charge in [-0.05, 0) is 75.4 Å². The molecule has 0 aliphatic carbocycles. The molecule has 10 nitrogen and oxygen atoms in total. The van der Waals surface area contributed by atoms with E-state index in [0.29, 0.717) is 47.7 Å². The number of hydrogen-bond acceptors (Lipinski definition) is 7. The van der Waals surface area contributed by atoms with E-state index in [0.717, 1.165) is 25.0 Å². The zero-order chi connectivity index (χ0) is 30.9. The standard InChI is InChI=1S/C30H31ClF2N6O4/c1-30(2,3)43-29(42)38-10-4-5-18(15-38)16-39-25(20-8-7-19(27(40)41)12-21(20)31)36-24-14-35-28(37-26(24)39)34-13-17-6-9-22(32)23(33)11-17/h6-9,11-12,14,18H,4-5,10,13,15-16H2,1-3H3,(H,40,41)(H,34,35,37)/t18-/m1/s1. The number of carbonyl (C=O) groups excluding carboxylic acids is 1. The summed E-state index contributed by atoms with van der Waals surface area (Å²) in [4.78, 5) is 39.8. The number of carboxylic acids is 1. The molecule has 2 aromatic heterocycles. The van der Waals surface area contributed by atoms with Crippen LogP contribution in [0, 0.1) is 17.6 Å². The molecular weight excluding hydrogens is 582 g/mol. The maximum atomic E-state index is 13.7. The number of likely N-dealkylation sites (tertiary alicyclic amines) is 1. The first-order valence-electron chi connectivity index (χ1n) is 13.8. The number of carbonyl (C=O) groups is 2. The molecule has 1 aliphatic heterocycles. The lowest BCUT2D eigenvalue weighted by molar-refractivity contribution is 0.0158. The minimum Gasteiger partial charge on any atom is -0.478 e. The van der Waals surface area contributed by atoms with E-state index in [1.807, 2.05) is 25.3 Å². The summed E-state index contributed by atoms with van der Waals surface area (Å²) in [6.07, 6.45) is 2.81. The van der Waals surface area contributed by atoms with Crippen molar-refractivity contribution in [2.45, 2.75) is 52.3 Å². The SMILES string of the molecule is CC(C)(C)OC(=O)N1CCC[C@@H](Cn2c(-c3ccc(C(=O)O)cc3Cl)nc3cnc(NCc4ccc(F)c(F)c4)nc32)C1. The normalized spacial score (nSPS) is 15.5. The minimum absolute atomic E-state index is 0.0306. The maximum absolute atomic E-state index is 13.7. The second-order valence-corrected chi connectivity index (χ2v) is 11.9. The van der Waals surface area contributed by atoms with Gasteiger partial charge in [-0.3, -0.25) is 0 Å². The lowest BCUT2D eigenvalue weighted by atomic mass is 9.98. The number of anilines is 1. The highest BCUT2D eigenvalue weighted by Crippen LogP contribution is 2.33. The van der Waals surface area contributed by atoms with Crippen LogP contribution in [0.5, 0.6) is 0 Å². The molecule has 2 N–H and O–H groups in total. The van der Waals surface area contributed by atoms with Gasteiger partial charge in [-0.1, -0.05) is 17.7 Å². The van der Waals surface area contributed by atoms with Crippen molar-refractivity contribution in [1.82, 2.24) is 24.4 Å². The zero-order valence-corrected chi connectivity index (χ0v) is 24.7. The monoisotopic (exact) mass is 612 g/mol. The molecule has 1 saturated heterocycles. The van der Waals surface area contributed by atoms with E-state index in [1.165, 1.54) is 18.2 Å². The van der Waals surface area contributed by atoms with E-state index < -0.39 is 23.2 Å². The number of halogens is 3. The second-order valence-electron chi connectivity index (χ2n) is 11.5. The van der Waals surface area contributed by atoms with Crippen molar-refractivity contribution in [2.24, 2.45) is 5.92 Å². The Balaban J connectivity index is 1.49. The second kappa shape index (κ2) is 12.1. The van der Waals surface area contributed by atoms with E-state index in [-0.39, 0.29) is 35.1 Å². The van der Waals surface area contributed by atoms with Crippen LogP contribution in [0.1, 0.15) is 49.5 Å². The van der Waals surface area contributed by atoms with Crippen LogP contribution in [0.2, 0.25) is 5.02 Å². The Morgan fingerprint density at radius 2 is 1.93 bits per heavy atom. The Labute approximate surface area is 251 Å². The van der Waals surface area contributed by atoms with Crippen LogP contribution in [0.3, 0.4) is 0 Å². The first-order valence-corrected chi connectivity index (χ1v) is 14.2. The molecule has 3 heterocycles. The number of amides is 1. The Morgan fingerprint density at radius 1 is 1.14 bits per heavy atom. The van der Waals surface area contributed by atoms with Crippen molar-refractivity contribution in [3.63, 3.8) is 0 Å². The van der Waals surface area contributed by atoms with Crippen LogP contribution < -0.4 is 5.32 Å². The van der Waals surface area contributed by atoms with Crippen molar-refractivity contribution in [2.75, 3.05) is 18.4 Å². The average molecular weight is 613 g/mol. The van der Waals surface area contributed by atoms with Crippen LogP contribution in [0.15, 0.2) is 42.6 Å². The van der Waals surface area contributed by atoms with Crippen LogP contribution in [0.4, 0.5) is 19.5 Å². The number of aromatic carboxylic acids is 1. The molecule has 0 spiro atoms. The smallest absolute Gasteiger partial charge is 0.410 e. The zero-order valence-electron chi connectivity index (χ0n) is 23.9. The van der Waals surface area contributed by atoms with Crippen LogP contribution in [-0.4, -0.2) is 60.3 Å². The average Bonchev–Trinajstić information content (AvgIpc) is 3.29. The van der Waals surface area contributed by atoms with E-state index in [9.17, 15) is 23.5 Å². The van der Waals surface area contributed by atoms with Crippen LogP contribution >= 0.6 is 11.6 Å². The van der Waals surface area contributed by atoms with Gasteiger partial charge in [0.05, 0.1) is 16.8 Å². The summed E-state index contributed by atoms with van der Waals surface area (Å²) in [5.41, 5.74) is 1.42. The van der Waals surface area contributed by atoms with Gasteiger partial charge in [-0.15, -0.1) is 0 Å². The van der Waals surface area contributed by atoms with Gasteiger partial charge in [0.15, 0.2) is 17.3 Å². The molecule has 0 radical (unpaired) electrons. The Kier molecular flexibility index (Phi) is 8.50. The van der Waals surface area contributed by atoms with Gasteiger partial charge >= 0.3 is 12.1 Å². The number of piperidine rings is 1.